The Morgan fingerprint density at radius 3 is 2.48 bits per heavy atom. The zero-order valence-corrected chi connectivity index (χ0v) is 27.1. The number of benzene rings is 1. The molecule has 3 rings (SSSR count). The molecule has 0 aromatic heterocycles. The lowest BCUT2D eigenvalue weighted by molar-refractivity contribution is -0.132. The van der Waals surface area contributed by atoms with Crippen molar-refractivity contribution in [2.24, 2.45) is 0 Å². The van der Waals surface area contributed by atoms with Crippen LogP contribution < -0.4 is 15.0 Å². The number of carbonyl (C=O) groups is 5. The first-order chi connectivity index (χ1) is 20.7. The van der Waals surface area contributed by atoms with Crippen LogP contribution in [0.3, 0.4) is 0 Å². The number of hydrogen-bond acceptors (Lipinski definition) is 9. The molecule has 0 bridgehead atoms. The summed E-state index contributed by atoms with van der Waals surface area (Å²) in [6, 6.07) is 2.93. The number of carbonyl (C=O) groups excluding carboxylic acids is 5. The Kier molecular flexibility index (Phi) is 11.5. The predicted octanol–water partition coefficient (Wildman–Crippen LogP) is 4.00. The third kappa shape index (κ3) is 8.11. The Morgan fingerprint density at radius 1 is 1.14 bits per heavy atom. The van der Waals surface area contributed by atoms with Gasteiger partial charge in [0.05, 0.1) is 18.3 Å². The highest BCUT2D eigenvalue weighted by Gasteiger charge is 2.42. The van der Waals surface area contributed by atoms with Crippen LogP contribution in [0.2, 0.25) is 0 Å². The van der Waals surface area contributed by atoms with Crippen molar-refractivity contribution in [2.75, 3.05) is 37.7 Å². The molecule has 2 aliphatic heterocycles. The molecule has 0 spiro atoms. The van der Waals surface area contributed by atoms with E-state index >= 15 is 0 Å². The molecule has 2 aliphatic rings. The second-order valence-electron chi connectivity index (χ2n) is 11.7. The molecular formula is C31H46N4O9. The number of anilines is 1. The molecule has 4 amide bonds. The largest absolute Gasteiger partial charge is 0.511 e. The Labute approximate surface area is 259 Å². The number of amides is 4. The number of likely N-dealkylation sites (tertiary alicyclic amines) is 1. The third-order valence-corrected chi connectivity index (χ3v) is 7.56. The van der Waals surface area contributed by atoms with Crippen LogP contribution in [0.4, 0.5) is 15.3 Å². The van der Waals surface area contributed by atoms with Crippen molar-refractivity contribution >= 4 is 35.7 Å². The topological polar surface area (TPSA) is 144 Å². The zero-order chi connectivity index (χ0) is 32.8. The Hall–Kier alpha value is -4.03. The standard InChI is InChI=1S/C31H46N4O9/c1-9-26(36)32-13-15-34-24-17-23(20(5)16-25(24)44-31(7,8)28(34)38)27(37)35(19(3)4)22-12-11-14-33(18-22)29(39)42-21(6)43-30(40)41-10-2/h16-17,19,21-22H,9-15,18H2,1-8H3,(H,32,36)/t21-,22-/m1/s1. The minimum atomic E-state index is -1.14. The third-order valence-electron chi connectivity index (χ3n) is 7.56. The number of aryl methyl sites for hydroxylation is 1. The van der Waals surface area contributed by atoms with Crippen LogP contribution in [-0.2, 0) is 23.8 Å². The molecule has 2 atom stereocenters. The summed E-state index contributed by atoms with van der Waals surface area (Å²) in [5.41, 5.74) is 0.429. The van der Waals surface area contributed by atoms with Gasteiger partial charge in [-0.15, -0.1) is 0 Å². The lowest BCUT2D eigenvalue weighted by atomic mass is 9.97. The van der Waals surface area contributed by atoms with Gasteiger partial charge in [0.1, 0.15) is 5.75 Å². The van der Waals surface area contributed by atoms with Crippen LogP contribution in [0.5, 0.6) is 5.75 Å². The van der Waals surface area contributed by atoms with E-state index in [0.717, 1.165) is 0 Å². The molecule has 44 heavy (non-hydrogen) atoms. The van der Waals surface area contributed by atoms with E-state index in [2.05, 4.69) is 5.32 Å². The SMILES string of the molecule is CCOC(=O)O[C@H](C)OC(=O)N1CCC[C@@H](N(C(=O)c2cc3c(cc2C)OC(C)(C)C(=O)N3CCNC(=O)CC)C(C)C)C1. The Morgan fingerprint density at radius 2 is 1.84 bits per heavy atom. The summed E-state index contributed by atoms with van der Waals surface area (Å²) < 4.78 is 21.0. The molecular weight excluding hydrogens is 572 g/mol. The van der Waals surface area contributed by atoms with Crippen molar-refractivity contribution < 1.29 is 42.9 Å². The number of piperidine rings is 1. The molecule has 13 heteroatoms. The van der Waals surface area contributed by atoms with Gasteiger partial charge in [-0.1, -0.05) is 6.92 Å². The van der Waals surface area contributed by atoms with Crippen molar-refractivity contribution in [2.45, 2.75) is 98.6 Å². The lowest BCUT2D eigenvalue weighted by Crippen LogP contribution is -2.55. The summed E-state index contributed by atoms with van der Waals surface area (Å²) >= 11 is 0. The minimum absolute atomic E-state index is 0.121. The maximum atomic E-state index is 14.2. The average Bonchev–Trinajstić information content (AvgIpc) is 2.94. The highest BCUT2D eigenvalue weighted by Crippen LogP contribution is 2.40. The molecule has 13 nitrogen and oxygen atoms in total. The molecule has 1 saturated heterocycles. The zero-order valence-electron chi connectivity index (χ0n) is 27.1. The van der Waals surface area contributed by atoms with Gasteiger partial charge in [-0.2, -0.15) is 0 Å². The smallest absolute Gasteiger partial charge is 0.476 e. The Balaban J connectivity index is 1.84. The first kappa shape index (κ1) is 34.5. The van der Waals surface area contributed by atoms with Gasteiger partial charge in [0, 0.05) is 51.1 Å². The van der Waals surface area contributed by atoms with E-state index in [4.69, 9.17) is 18.9 Å². The molecule has 244 valence electrons. The predicted molar refractivity (Wildman–Crippen MR) is 161 cm³/mol. The molecule has 1 fully saturated rings. The number of nitrogens with zero attached hydrogens (tertiary/aromatic N) is 3. The van der Waals surface area contributed by atoms with Crippen molar-refractivity contribution in [3.8, 4) is 5.75 Å². The van der Waals surface area contributed by atoms with Crippen LogP contribution in [0.1, 0.15) is 83.7 Å². The van der Waals surface area contributed by atoms with E-state index in [-0.39, 0.29) is 56.0 Å². The summed E-state index contributed by atoms with van der Waals surface area (Å²) in [6.07, 6.45) is -1.08. The van der Waals surface area contributed by atoms with Crippen molar-refractivity contribution in [1.82, 2.24) is 15.1 Å². The number of ether oxygens (including phenoxy) is 4. The van der Waals surface area contributed by atoms with Crippen LogP contribution in [-0.4, -0.2) is 96.5 Å². The normalized spacial score (nSPS) is 18.1. The Bertz CT molecular complexity index is 1250. The fraction of sp³-hybridized carbons (Fsp3) is 0.645. The molecule has 2 heterocycles. The molecule has 1 aromatic carbocycles. The quantitative estimate of drug-likeness (QED) is 0.304. The second-order valence-corrected chi connectivity index (χ2v) is 11.7. The molecule has 1 N–H and O–H groups in total. The fourth-order valence-corrected chi connectivity index (χ4v) is 5.44. The average molecular weight is 619 g/mol. The molecule has 0 saturated carbocycles. The van der Waals surface area contributed by atoms with E-state index in [1.54, 1.807) is 49.6 Å². The maximum Gasteiger partial charge on any atom is 0.511 e. The van der Waals surface area contributed by atoms with Crippen LogP contribution >= 0.6 is 0 Å². The maximum absolute atomic E-state index is 14.2. The minimum Gasteiger partial charge on any atom is -0.476 e. The second kappa shape index (κ2) is 14.6. The first-order valence-electron chi connectivity index (χ1n) is 15.2. The summed E-state index contributed by atoms with van der Waals surface area (Å²) in [5, 5.41) is 2.80. The summed E-state index contributed by atoms with van der Waals surface area (Å²) in [6.45, 7) is 15.1. The summed E-state index contributed by atoms with van der Waals surface area (Å²) in [7, 11) is 0. The van der Waals surface area contributed by atoms with Crippen LogP contribution in [0.25, 0.3) is 0 Å². The lowest BCUT2D eigenvalue weighted by Gasteiger charge is -2.42. The highest BCUT2D eigenvalue weighted by atomic mass is 16.8. The van der Waals surface area contributed by atoms with Crippen molar-refractivity contribution in [3.05, 3.63) is 23.3 Å². The van der Waals surface area contributed by atoms with Crippen LogP contribution in [0, 0.1) is 6.92 Å². The number of rotatable bonds is 10. The van der Waals surface area contributed by atoms with Gasteiger partial charge >= 0.3 is 12.2 Å². The first-order valence-corrected chi connectivity index (χ1v) is 15.2. The fourth-order valence-electron chi connectivity index (χ4n) is 5.44. The number of hydrogen-bond donors (Lipinski definition) is 1. The molecule has 0 aliphatic carbocycles. The summed E-state index contributed by atoms with van der Waals surface area (Å²) in [4.78, 5) is 68.7. The monoisotopic (exact) mass is 618 g/mol. The van der Waals surface area contributed by atoms with Crippen LogP contribution in [0.15, 0.2) is 12.1 Å². The number of fused-ring (bicyclic) bond motifs is 1. The van der Waals surface area contributed by atoms with E-state index < -0.39 is 24.1 Å². The van der Waals surface area contributed by atoms with E-state index in [0.29, 0.717) is 48.4 Å². The van der Waals surface area contributed by atoms with Gasteiger partial charge in [-0.05, 0) is 72.1 Å². The van der Waals surface area contributed by atoms with Gasteiger partial charge in [0.25, 0.3) is 11.8 Å². The van der Waals surface area contributed by atoms with E-state index in [1.807, 2.05) is 20.8 Å². The summed E-state index contributed by atoms with van der Waals surface area (Å²) in [5.74, 6) is -0.159. The van der Waals surface area contributed by atoms with Gasteiger partial charge in [0.15, 0.2) is 5.60 Å². The van der Waals surface area contributed by atoms with Crippen molar-refractivity contribution in [1.29, 1.82) is 0 Å². The highest BCUT2D eigenvalue weighted by molar-refractivity contribution is 6.05. The van der Waals surface area contributed by atoms with E-state index in [1.165, 1.54) is 11.8 Å². The van der Waals surface area contributed by atoms with Gasteiger partial charge in [0.2, 0.25) is 12.2 Å². The van der Waals surface area contributed by atoms with Gasteiger partial charge in [-0.3, -0.25) is 14.4 Å². The molecule has 0 radical (unpaired) electrons. The number of nitrogens with one attached hydrogen (secondary N) is 1. The van der Waals surface area contributed by atoms with Gasteiger partial charge in [-0.25, -0.2) is 9.59 Å². The van der Waals surface area contributed by atoms with Crippen molar-refractivity contribution in [3.63, 3.8) is 0 Å². The molecule has 0 unspecified atom stereocenters. The van der Waals surface area contributed by atoms with Gasteiger partial charge < -0.3 is 39.0 Å². The van der Waals surface area contributed by atoms with E-state index in [9.17, 15) is 24.0 Å². The molecule has 1 aromatic rings.